The molecule has 2 N–H and O–H groups in total. The van der Waals surface area contributed by atoms with Crippen molar-refractivity contribution in [1.82, 2.24) is 4.57 Å². The predicted molar refractivity (Wildman–Crippen MR) is 61.7 cm³/mol. The molecule has 1 aliphatic rings. The Morgan fingerprint density at radius 3 is 2.80 bits per heavy atom. The van der Waals surface area contributed by atoms with Crippen molar-refractivity contribution in [3.8, 4) is 0 Å². The molecule has 1 aromatic heterocycles. The van der Waals surface area contributed by atoms with Crippen LogP contribution in [0.2, 0.25) is 0 Å². The molecular weight excluding hydrogens is 188 g/mol. The lowest BCUT2D eigenvalue weighted by Gasteiger charge is -2.22. The first-order valence-corrected chi connectivity index (χ1v) is 5.72. The van der Waals surface area contributed by atoms with Gasteiger partial charge in [-0.15, -0.1) is 0 Å². The van der Waals surface area contributed by atoms with Crippen LogP contribution in [0, 0.1) is 5.92 Å². The largest absolute Gasteiger partial charge is 0.394 e. The molecule has 1 aromatic rings. The van der Waals surface area contributed by atoms with Crippen molar-refractivity contribution in [3.05, 3.63) is 28.7 Å². The van der Waals surface area contributed by atoms with Crippen molar-refractivity contribution < 1.29 is 0 Å². The van der Waals surface area contributed by atoms with E-state index in [1.165, 1.54) is 32.1 Å². The maximum atomic E-state index is 11.7. The zero-order valence-electron chi connectivity index (χ0n) is 8.98. The van der Waals surface area contributed by atoms with Crippen molar-refractivity contribution in [3.63, 3.8) is 0 Å². The molecule has 1 fully saturated rings. The first kappa shape index (κ1) is 10.3. The molecule has 2 rings (SSSR count). The minimum absolute atomic E-state index is 0.0388. The van der Waals surface area contributed by atoms with Gasteiger partial charge in [0.15, 0.2) is 0 Å². The van der Waals surface area contributed by atoms with Crippen molar-refractivity contribution in [2.75, 3.05) is 5.73 Å². The van der Waals surface area contributed by atoms with Crippen molar-refractivity contribution in [2.24, 2.45) is 5.92 Å². The van der Waals surface area contributed by atoms with E-state index in [9.17, 15) is 4.79 Å². The summed E-state index contributed by atoms with van der Waals surface area (Å²) in [5.74, 6) is 0.665. The van der Waals surface area contributed by atoms with Gasteiger partial charge in [-0.2, -0.15) is 0 Å². The van der Waals surface area contributed by atoms with Gasteiger partial charge in [-0.1, -0.05) is 19.3 Å². The molecule has 0 atom stereocenters. The third kappa shape index (κ3) is 2.41. The molecule has 0 aromatic carbocycles. The van der Waals surface area contributed by atoms with Gasteiger partial charge in [0.2, 0.25) is 0 Å². The Hall–Kier alpha value is -1.25. The maximum Gasteiger partial charge on any atom is 0.273 e. The van der Waals surface area contributed by atoms with Crippen LogP contribution >= 0.6 is 0 Å². The summed E-state index contributed by atoms with van der Waals surface area (Å²) >= 11 is 0. The molecule has 0 aliphatic heterocycles. The second-order valence-electron chi connectivity index (χ2n) is 4.43. The molecule has 1 aliphatic carbocycles. The van der Waals surface area contributed by atoms with Crippen molar-refractivity contribution in [2.45, 2.75) is 38.6 Å². The van der Waals surface area contributed by atoms with Gasteiger partial charge >= 0.3 is 0 Å². The second kappa shape index (κ2) is 4.51. The topological polar surface area (TPSA) is 48.0 Å². The third-order valence-electron chi connectivity index (χ3n) is 3.23. The van der Waals surface area contributed by atoms with Crippen LogP contribution in [0.5, 0.6) is 0 Å². The fourth-order valence-corrected chi connectivity index (χ4v) is 2.35. The maximum absolute atomic E-state index is 11.7. The fourth-order valence-electron chi connectivity index (χ4n) is 2.35. The van der Waals surface area contributed by atoms with Gasteiger partial charge < -0.3 is 10.3 Å². The van der Waals surface area contributed by atoms with E-state index in [-0.39, 0.29) is 5.56 Å². The van der Waals surface area contributed by atoms with E-state index < -0.39 is 0 Å². The number of rotatable bonds is 2. The average Bonchev–Trinajstić information content (AvgIpc) is 2.26. The Morgan fingerprint density at radius 2 is 2.07 bits per heavy atom. The number of nitrogens with two attached hydrogens (primary N) is 1. The summed E-state index contributed by atoms with van der Waals surface area (Å²) in [7, 11) is 0. The van der Waals surface area contributed by atoms with Crippen LogP contribution in [0.1, 0.15) is 32.1 Å². The molecule has 0 saturated heterocycles. The summed E-state index contributed by atoms with van der Waals surface area (Å²) in [6.45, 7) is 0.837. The molecule has 3 heteroatoms. The Labute approximate surface area is 89.9 Å². The standard InChI is InChI=1S/C12H18N2O/c13-11-7-4-8-14(12(11)15)9-10-5-2-1-3-6-10/h4,7-8,10H,1-3,5-6,9,13H2. The lowest BCUT2D eigenvalue weighted by atomic mass is 9.89. The number of aromatic nitrogens is 1. The molecule has 0 bridgehead atoms. The van der Waals surface area contributed by atoms with Gasteiger partial charge in [0, 0.05) is 12.7 Å². The summed E-state index contributed by atoms with van der Waals surface area (Å²) < 4.78 is 1.76. The van der Waals surface area contributed by atoms with Gasteiger partial charge in [-0.3, -0.25) is 4.79 Å². The molecular formula is C12H18N2O. The first-order chi connectivity index (χ1) is 7.27. The summed E-state index contributed by atoms with van der Waals surface area (Å²) in [4.78, 5) is 11.7. The Bertz CT molecular complexity index is 377. The predicted octanol–water partition coefficient (Wildman–Crippen LogP) is 2.01. The lowest BCUT2D eigenvalue weighted by Crippen LogP contribution is -2.26. The average molecular weight is 206 g/mol. The van der Waals surface area contributed by atoms with Gasteiger partial charge in [0.05, 0.1) is 5.69 Å². The number of hydrogen-bond donors (Lipinski definition) is 1. The highest BCUT2D eigenvalue weighted by Gasteiger charge is 2.14. The Kier molecular flexibility index (Phi) is 3.09. The van der Waals surface area contributed by atoms with Crippen LogP contribution in [-0.4, -0.2) is 4.57 Å². The Morgan fingerprint density at radius 1 is 1.33 bits per heavy atom. The van der Waals surface area contributed by atoms with Crippen LogP contribution in [0.15, 0.2) is 23.1 Å². The number of anilines is 1. The zero-order valence-corrected chi connectivity index (χ0v) is 8.98. The molecule has 0 unspecified atom stereocenters. The summed E-state index contributed by atoms with van der Waals surface area (Å²) in [6, 6.07) is 3.51. The molecule has 15 heavy (non-hydrogen) atoms. The van der Waals surface area contributed by atoms with Crippen LogP contribution in [-0.2, 0) is 6.54 Å². The van der Waals surface area contributed by atoms with Crippen LogP contribution in [0.3, 0.4) is 0 Å². The molecule has 0 radical (unpaired) electrons. The number of nitrogen functional groups attached to an aromatic ring is 1. The van der Waals surface area contributed by atoms with Crippen LogP contribution in [0.4, 0.5) is 5.69 Å². The van der Waals surface area contributed by atoms with Crippen molar-refractivity contribution >= 4 is 5.69 Å². The quantitative estimate of drug-likeness (QED) is 0.804. The Balaban J connectivity index is 2.09. The fraction of sp³-hybridized carbons (Fsp3) is 0.583. The van der Waals surface area contributed by atoms with Gasteiger partial charge in [-0.05, 0) is 30.9 Å². The van der Waals surface area contributed by atoms with Crippen molar-refractivity contribution in [1.29, 1.82) is 0 Å². The SMILES string of the molecule is Nc1cccn(CC2CCCCC2)c1=O. The minimum atomic E-state index is -0.0388. The molecule has 82 valence electrons. The van der Waals surface area contributed by atoms with E-state index in [1.54, 1.807) is 10.6 Å². The molecule has 0 spiro atoms. The minimum Gasteiger partial charge on any atom is -0.394 e. The highest BCUT2D eigenvalue weighted by Crippen LogP contribution is 2.24. The van der Waals surface area contributed by atoms with E-state index in [0.29, 0.717) is 11.6 Å². The molecule has 1 saturated carbocycles. The van der Waals surface area contributed by atoms with Gasteiger partial charge in [-0.25, -0.2) is 0 Å². The molecule has 1 heterocycles. The second-order valence-corrected chi connectivity index (χ2v) is 4.43. The smallest absolute Gasteiger partial charge is 0.273 e. The normalized spacial score (nSPS) is 17.9. The number of hydrogen-bond acceptors (Lipinski definition) is 2. The number of nitrogens with zero attached hydrogens (tertiary/aromatic N) is 1. The monoisotopic (exact) mass is 206 g/mol. The summed E-state index contributed by atoms with van der Waals surface area (Å²) in [6.07, 6.45) is 8.31. The molecule has 0 amide bonds. The van der Waals surface area contributed by atoms with E-state index in [2.05, 4.69) is 0 Å². The summed E-state index contributed by atoms with van der Waals surface area (Å²) in [5.41, 5.74) is 5.91. The number of pyridine rings is 1. The first-order valence-electron chi connectivity index (χ1n) is 5.72. The van der Waals surface area contributed by atoms with E-state index in [4.69, 9.17) is 5.73 Å². The van der Waals surface area contributed by atoms with Crippen LogP contribution in [0.25, 0.3) is 0 Å². The summed E-state index contributed by atoms with van der Waals surface area (Å²) in [5, 5.41) is 0. The van der Waals surface area contributed by atoms with E-state index in [0.717, 1.165) is 6.54 Å². The third-order valence-corrected chi connectivity index (χ3v) is 3.23. The van der Waals surface area contributed by atoms with Crippen LogP contribution < -0.4 is 11.3 Å². The zero-order chi connectivity index (χ0) is 10.7. The highest BCUT2D eigenvalue weighted by molar-refractivity contribution is 5.33. The van der Waals surface area contributed by atoms with E-state index in [1.807, 2.05) is 12.3 Å². The van der Waals surface area contributed by atoms with E-state index >= 15 is 0 Å². The lowest BCUT2D eigenvalue weighted by molar-refractivity contribution is 0.316. The van der Waals surface area contributed by atoms with Gasteiger partial charge in [0.25, 0.3) is 5.56 Å². The van der Waals surface area contributed by atoms with Gasteiger partial charge in [0.1, 0.15) is 0 Å². The molecule has 3 nitrogen and oxygen atoms in total. The highest BCUT2D eigenvalue weighted by atomic mass is 16.1.